The zero-order chi connectivity index (χ0) is 19.2. The standard InChI is InChI=1S/C17H18F4N4O/c1-22-16(25-10-12-4-3-7-23-15(12)26-2)24-9-11-5-6-13(18)8-14(11)17(19,20)21/h3-8H,9-10H2,1-2H3,(H2,22,24,25). The minimum absolute atomic E-state index is 0.0826. The number of nitrogens with one attached hydrogen (secondary N) is 2. The van der Waals surface area contributed by atoms with E-state index in [0.29, 0.717) is 18.5 Å². The summed E-state index contributed by atoms with van der Waals surface area (Å²) in [6.45, 7) is 0.144. The lowest BCUT2D eigenvalue weighted by Crippen LogP contribution is -2.36. The molecule has 0 aliphatic heterocycles. The molecule has 0 saturated carbocycles. The molecule has 0 unspecified atom stereocenters. The monoisotopic (exact) mass is 370 g/mol. The van der Waals surface area contributed by atoms with Gasteiger partial charge in [0.15, 0.2) is 5.96 Å². The molecule has 1 heterocycles. The fraction of sp³-hybridized carbons (Fsp3) is 0.294. The number of rotatable bonds is 5. The highest BCUT2D eigenvalue weighted by atomic mass is 19.4. The first-order valence-corrected chi connectivity index (χ1v) is 7.63. The largest absolute Gasteiger partial charge is 0.481 e. The minimum atomic E-state index is -4.64. The molecule has 0 aliphatic carbocycles. The SMILES string of the molecule is CN=C(NCc1ccc(F)cc1C(F)(F)F)NCc1cccnc1OC. The van der Waals surface area contributed by atoms with Crippen LogP contribution in [0.2, 0.25) is 0 Å². The first-order valence-electron chi connectivity index (χ1n) is 7.63. The Kier molecular flexibility index (Phi) is 6.37. The molecule has 0 radical (unpaired) electrons. The lowest BCUT2D eigenvalue weighted by atomic mass is 10.1. The molecule has 0 atom stereocenters. The zero-order valence-electron chi connectivity index (χ0n) is 14.2. The van der Waals surface area contributed by atoms with Crippen molar-refractivity contribution >= 4 is 5.96 Å². The molecular formula is C17H18F4N4O. The molecule has 0 fully saturated rings. The van der Waals surface area contributed by atoms with Crippen LogP contribution in [0.15, 0.2) is 41.5 Å². The summed E-state index contributed by atoms with van der Waals surface area (Å²) in [6.07, 6.45) is -3.05. The van der Waals surface area contributed by atoms with Gasteiger partial charge in [-0.1, -0.05) is 12.1 Å². The molecule has 0 spiro atoms. The van der Waals surface area contributed by atoms with Gasteiger partial charge in [-0.2, -0.15) is 13.2 Å². The first kappa shape index (κ1) is 19.5. The Morgan fingerprint density at radius 1 is 1.15 bits per heavy atom. The summed E-state index contributed by atoms with van der Waals surface area (Å²) in [5.41, 5.74) is -0.342. The van der Waals surface area contributed by atoms with Crippen molar-refractivity contribution in [2.24, 2.45) is 4.99 Å². The van der Waals surface area contributed by atoms with Crippen molar-refractivity contribution in [3.8, 4) is 5.88 Å². The smallest absolute Gasteiger partial charge is 0.416 e. The second-order valence-corrected chi connectivity index (χ2v) is 5.25. The number of halogens is 4. The van der Waals surface area contributed by atoms with E-state index in [9.17, 15) is 17.6 Å². The first-order chi connectivity index (χ1) is 12.3. The Balaban J connectivity index is 2.04. The molecular weight excluding hydrogens is 352 g/mol. The van der Waals surface area contributed by atoms with Gasteiger partial charge in [0, 0.05) is 31.9 Å². The highest BCUT2D eigenvalue weighted by Crippen LogP contribution is 2.32. The molecule has 140 valence electrons. The maximum atomic E-state index is 13.1. The maximum absolute atomic E-state index is 13.1. The molecule has 2 aromatic rings. The van der Waals surface area contributed by atoms with Crippen molar-refractivity contribution in [3.63, 3.8) is 0 Å². The third-order valence-corrected chi connectivity index (χ3v) is 3.54. The van der Waals surface area contributed by atoms with Crippen LogP contribution < -0.4 is 15.4 Å². The molecule has 1 aromatic heterocycles. The average molecular weight is 370 g/mol. The number of alkyl halides is 3. The van der Waals surface area contributed by atoms with Crippen LogP contribution in [0.5, 0.6) is 5.88 Å². The fourth-order valence-electron chi connectivity index (χ4n) is 2.29. The molecule has 0 aliphatic rings. The van der Waals surface area contributed by atoms with Crippen molar-refractivity contribution < 1.29 is 22.3 Å². The minimum Gasteiger partial charge on any atom is -0.481 e. The summed E-state index contributed by atoms with van der Waals surface area (Å²) in [7, 11) is 2.98. The number of nitrogens with zero attached hydrogens (tertiary/aromatic N) is 2. The maximum Gasteiger partial charge on any atom is 0.416 e. The van der Waals surface area contributed by atoms with Crippen molar-refractivity contribution in [1.82, 2.24) is 15.6 Å². The van der Waals surface area contributed by atoms with E-state index in [1.807, 2.05) is 0 Å². The van der Waals surface area contributed by atoms with Gasteiger partial charge in [0.2, 0.25) is 5.88 Å². The van der Waals surface area contributed by atoms with E-state index in [4.69, 9.17) is 4.74 Å². The van der Waals surface area contributed by atoms with Crippen molar-refractivity contribution in [1.29, 1.82) is 0 Å². The average Bonchev–Trinajstić information content (AvgIpc) is 2.62. The normalized spacial score (nSPS) is 12.0. The molecule has 0 bridgehead atoms. The third-order valence-electron chi connectivity index (χ3n) is 3.54. The number of aromatic nitrogens is 1. The summed E-state index contributed by atoms with van der Waals surface area (Å²) in [5, 5.41) is 5.74. The van der Waals surface area contributed by atoms with Gasteiger partial charge in [-0.15, -0.1) is 0 Å². The van der Waals surface area contributed by atoms with Crippen LogP contribution in [-0.4, -0.2) is 25.1 Å². The van der Waals surface area contributed by atoms with Gasteiger partial charge < -0.3 is 15.4 Å². The Hall–Kier alpha value is -2.84. The number of guanidine groups is 1. The van der Waals surface area contributed by atoms with Gasteiger partial charge >= 0.3 is 6.18 Å². The quantitative estimate of drug-likeness (QED) is 0.482. The van der Waals surface area contributed by atoms with Gasteiger partial charge in [0.1, 0.15) is 5.82 Å². The highest BCUT2D eigenvalue weighted by Gasteiger charge is 2.33. The van der Waals surface area contributed by atoms with Gasteiger partial charge in [0.05, 0.1) is 12.7 Å². The van der Waals surface area contributed by atoms with Crippen molar-refractivity contribution in [2.75, 3.05) is 14.2 Å². The second-order valence-electron chi connectivity index (χ2n) is 5.25. The number of ether oxygens (including phenoxy) is 1. The summed E-state index contributed by atoms with van der Waals surface area (Å²) in [5.74, 6) is -0.214. The number of methoxy groups -OCH3 is 1. The Morgan fingerprint density at radius 3 is 2.46 bits per heavy atom. The van der Waals surface area contributed by atoms with E-state index in [1.54, 1.807) is 18.3 Å². The van der Waals surface area contributed by atoms with Crippen molar-refractivity contribution in [2.45, 2.75) is 19.3 Å². The predicted molar refractivity (Wildman–Crippen MR) is 89.2 cm³/mol. The highest BCUT2D eigenvalue weighted by molar-refractivity contribution is 5.79. The van der Waals surface area contributed by atoms with Crippen LogP contribution in [0.25, 0.3) is 0 Å². The summed E-state index contributed by atoms with van der Waals surface area (Å²) in [4.78, 5) is 8.02. The Bertz CT molecular complexity index is 778. The molecule has 0 saturated heterocycles. The number of benzene rings is 1. The number of hydrogen-bond donors (Lipinski definition) is 2. The fourth-order valence-corrected chi connectivity index (χ4v) is 2.29. The van der Waals surface area contributed by atoms with Gasteiger partial charge in [-0.25, -0.2) is 9.37 Å². The number of aliphatic imine (C=N–C) groups is 1. The lowest BCUT2D eigenvalue weighted by Gasteiger charge is -2.16. The summed E-state index contributed by atoms with van der Waals surface area (Å²) in [6, 6.07) is 6.11. The molecule has 5 nitrogen and oxygen atoms in total. The van der Waals surface area contributed by atoms with Gasteiger partial charge in [-0.05, 0) is 23.8 Å². The van der Waals surface area contributed by atoms with E-state index in [0.717, 1.165) is 17.7 Å². The van der Waals surface area contributed by atoms with E-state index in [1.165, 1.54) is 14.2 Å². The van der Waals surface area contributed by atoms with Crippen LogP contribution in [0.4, 0.5) is 17.6 Å². The van der Waals surface area contributed by atoms with Crippen LogP contribution >= 0.6 is 0 Å². The van der Waals surface area contributed by atoms with Crippen LogP contribution in [0, 0.1) is 5.82 Å². The van der Waals surface area contributed by atoms with Gasteiger partial charge in [0.25, 0.3) is 0 Å². The Morgan fingerprint density at radius 2 is 1.85 bits per heavy atom. The zero-order valence-corrected chi connectivity index (χ0v) is 14.2. The molecule has 2 N–H and O–H groups in total. The van der Waals surface area contributed by atoms with E-state index >= 15 is 0 Å². The number of hydrogen-bond acceptors (Lipinski definition) is 3. The van der Waals surface area contributed by atoms with Gasteiger partial charge in [-0.3, -0.25) is 4.99 Å². The number of pyridine rings is 1. The third kappa shape index (κ3) is 5.08. The molecule has 2 rings (SSSR count). The molecule has 9 heteroatoms. The summed E-state index contributed by atoms with van der Waals surface area (Å²) < 4.78 is 57.4. The van der Waals surface area contributed by atoms with E-state index in [-0.39, 0.29) is 18.1 Å². The van der Waals surface area contributed by atoms with Crippen LogP contribution in [-0.2, 0) is 19.3 Å². The van der Waals surface area contributed by atoms with E-state index < -0.39 is 17.6 Å². The Labute approximate surface area is 148 Å². The topological polar surface area (TPSA) is 58.5 Å². The van der Waals surface area contributed by atoms with Crippen LogP contribution in [0.1, 0.15) is 16.7 Å². The van der Waals surface area contributed by atoms with Crippen LogP contribution in [0.3, 0.4) is 0 Å². The second kappa shape index (κ2) is 8.50. The molecule has 0 amide bonds. The summed E-state index contributed by atoms with van der Waals surface area (Å²) >= 11 is 0. The predicted octanol–water partition coefficient (Wildman–Crippen LogP) is 3.11. The van der Waals surface area contributed by atoms with E-state index in [2.05, 4.69) is 20.6 Å². The lowest BCUT2D eigenvalue weighted by molar-refractivity contribution is -0.138. The van der Waals surface area contributed by atoms with Crippen molar-refractivity contribution in [3.05, 3.63) is 59.0 Å². The molecule has 26 heavy (non-hydrogen) atoms. The molecule has 1 aromatic carbocycles.